The monoisotopic (exact) mass is 359 g/mol. The SMILES string of the molecule is O=C(O)[C@@H]1[C@H](C(=O)Nc2ccc(OC(F)F)c(Cl)c2)[C@H]2C=C[C@@H]1O2. The van der Waals surface area contributed by atoms with Gasteiger partial charge in [0.1, 0.15) is 11.7 Å². The van der Waals surface area contributed by atoms with Crippen molar-refractivity contribution in [1.82, 2.24) is 0 Å². The highest BCUT2D eigenvalue weighted by molar-refractivity contribution is 6.32. The number of fused-ring (bicyclic) bond motifs is 2. The highest BCUT2D eigenvalue weighted by Gasteiger charge is 2.53. The fourth-order valence-corrected chi connectivity index (χ4v) is 3.14. The van der Waals surface area contributed by atoms with Gasteiger partial charge in [0, 0.05) is 5.69 Å². The van der Waals surface area contributed by atoms with E-state index in [4.69, 9.17) is 16.3 Å². The predicted octanol–water partition coefficient (Wildman–Crippen LogP) is 2.53. The number of ether oxygens (including phenoxy) is 2. The minimum absolute atomic E-state index is 0.105. The van der Waals surface area contributed by atoms with E-state index in [-0.39, 0.29) is 16.5 Å². The lowest BCUT2D eigenvalue weighted by molar-refractivity contribution is -0.145. The van der Waals surface area contributed by atoms with E-state index in [1.54, 1.807) is 12.2 Å². The maximum absolute atomic E-state index is 12.4. The molecule has 2 aliphatic rings. The number of aliphatic carboxylic acids is 1. The normalized spacial score (nSPS) is 27.5. The van der Waals surface area contributed by atoms with E-state index < -0.39 is 42.5 Å². The van der Waals surface area contributed by atoms with Gasteiger partial charge < -0.3 is 19.9 Å². The number of carbonyl (C=O) groups is 2. The van der Waals surface area contributed by atoms with Crippen LogP contribution in [0.15, 0.2) is 30.4 Å². The van der Waals surface area contributed by atoms with Crippen LogP contribution in [0.5, 0.6) is 5.75 Å². The number of anilines is 1. The van der Waals surface area contributed by atoms with E-state index in [9.17, 15) is 23.5 Å². The molecular weight excluding hydrogens is 348 g/mol. The number of halogens is 3. The lowest BCUT2D eigenvalue weighted by Crippen LogP contribution is -2.39. The second-order valence-electron chi connectivity index (χ2n) is 5.35. The van der Waals surface area contributed by atoms with E-state index in [0.29, 0.717) is 0 Å². The van der Waals surface area contributed by atoms with Crippen LogP contribution in [0.2, 0.25) is 5.02 Å². The molecule has 4 atom stereocenters. The summed E-state index contributed by atoms with van der Waals surface area (Å²) in [5.41, 5.74) is 0.238. The van der Waals surface area contributed by atoms with Crippen molar-refractivity contribution in [2.75, 3.05) is 5.32 Å². The van der Waals surface area contributed by atoms with Gasteiger partial charge in [-0.25, -0.2) is 0 Å². The number of alkyl halides is 2. The standard InChI is InChI=1S/C15H12ClF2NO5/c16-7-5-6(1-2-8(7)24-15(17)18)19-13(20)11-9-3-4-10(23-9)12(11)14(21)22/h1-5,9-12,15H,(H,19,20)(H,21,22)/t9-,10+,11-,12+/m1/s1. The molecule has 1 aromatic rings. The first kappa shape index (κ1) is 16.7. The van der Waals surface area contributed by atoms with Gasteiger partial charge >= 0.3 is 12.6 Å². The summed E-state index contributed by atoms with van der Waals surface area (Å²) in [6.07, 6.45) is 2.04. The minimum atomic E-state index is -3.02. The zero-order valence-electron chi connectivity index (χ0n) is 12.0. The summed E-state index contributed by atoms with van der Waals surface area (Å²) in [4.78, 5) is 23.8. The van der Waals surface area contributed by atoms with Gasteiger partial charge in [-0.05, 0) is 18.2 Å². The van der Waals surface area contributed by atoms with Gasteiger partial charge in [-0.15, -0.1) is 0 Å². The molecule has 2 bridgehead atoms. The maximum Gasteiger partial charge on any atom is 0.387 e. The van der Waals surface area contributed by atoms with Gasteiger partial charge in [-0.3, -0.25) is 9.59 Å². The largest absolute Gasteiger partial charge is 0.481 e. The summed E-state index contributed by atoms with van der Waals surface area (Å²) >= 11 is 5.82. The molecule has 3 rings (SSSR count). The first-order valence-corrected chi connectivity index (χ1v) is 7.36. The lowest BCUT2D eigenvalue weighted by Gasteiger charge is -2.21. The van der Waals surface area contributed by atoms with Gasteiger partial charge in [0.2, 0.25) is 5.91 Å². The summed E-state index contributed by atoms with van der Waals surface area (Å²) < 4.78 is 34.0. The van der Waals surface area contributed by atoms with Crippen LogP contribution in [-0.2, 0) is 14.3 Å². The number of nitrogens with one attached hydrogen (secondary N) is 1. The number of amides is 1. The molecule has 0 saturated carbocycles. The molecule has 1 aromatic carbocycles. The Kier molecular flexibility index (Phi) is 4.42. The van der Waals surface area contributed by atoms with E-state index >= 15 is 0 Å². The number of hydrogen-bond acceptors (Lipinski definition) is 4. The number of benzene rings is 1. The number of rotatable bonds is 5. The van der Waals surface area contributed by atoms with Gasteiger partial charge in [0.15, 0.2) is 0 Å². The summed E-state index contributed by atoms with van der Waals surface area (Å²) in [7, 11) is 0. The van der Waals surface area contributed by atoms with Crippen molar-refractivity contribution in [2.45, 2.75) is 18.8 Å². The van der Waals surface area contributed by atoms with Gasteiger partial charge in [-0.1, -0.05) is 23.8 Å². The number of carboxylic acid groups (broad SMARTS) is 1. The topological polar surface area (TPSA) is 84.9 Å². The molecule has 2 aliphatic heterocycles. The molecule has 1 amide bonds. The van der Waals surface area contributed by atoms with Crippen LogP contribution in [-0.4, -0.2) is 35.8 Å². The summed E-state index contributed by atoms with van der Waals surface area (Å²) in [6, 6.07) is 3.77. The molecule has 1 fully saturated rings. The van der Waals surface area contributed by atoms with Crippen LogP contribution in [0.4, 0.5) is 14.5 Å². The van der Waals surface area contributed by atoms with E-state index in [1.807, 2.05) is 0 Å². The van der Waals surface area contributed by atoms with Crippen molar-refractivity contribution < 1.29 is 33.0 Å². The summed E-state index contributed by atoms with van der Waals surface area (Å²) in [6.45, 7) is -3.02. The second kappa shape index (κ2) is 6.37. The fraction of sp³-hybridized carbons (Fsp3) is 0.333. The molecule has 2 heterocycles. The van der Waals surface area contributed by atoms with Crippen molar-refractivity contribution in [3.8, 4) is 5.75 Å². The lowest BCUT2D eigenvalue weighted by atomic mass is 9.82. The van der Waals surface area contributed by atoms with Crippen LogP contribution in [0.1, 0.15) is 0 Å². The molecule has 9 heteroatoms. The third-order valence-corrected chi connectivity index (χ3v) is 4.20. The van der Waals surface area contributed by atoms with Crippen LogP contribution in [0.3, 0.4) is 0 Å². The maximum atomic E-state index is 12.4. The van der Waals surface area contributed by atoms with E-state index in [2.05, 4.69) is 10.1 Å². The number of hydrogen-bond donors (Lipinski definition) is 2. The second-order valence-corrected chi connectivity index (χ2v) is 5.76. The van der Waals surface area contributed by atoms with Crippen molar-refractivity contribution in [3.63, 3.8) is 0 Å². The van der Waals surface area contributed by atoms with Crippen molar-refractivity contribution in [2.24, 2.45) is 11.8 Å². The third kappa shape index (κ3) is 3.07. The van der Waals surface area contributed by atoms with Crippen molar-refractivity contribution >= 4 is 29.2 Å². The Morgan fingerprint density at radius 2 is 1.92 bits per heavy atom. The molecule has 6 nitrogen and oxygen atoms in total. The van der Waals surface area contributed by atoms with Gasteiger partial charge in [0.05, 0.1) is 23.1 Å². The molecular formula is C15H12ClF2NO5. The van der Waals surface area contributed by atoms with Crippen LogP contribution >= 0.6 is 11.6 Å². The first-order chi connectivity index (χ1) is 11.4. The molecule has 24 heavy (non-hydrogen) atoms. The smallest absolute Gasteiger partial charge is 0.387 e. The Hall–Kier alpha value is -2.19. The molecule has 128 valence electrons. The molecule has 0 aliphatic carbocycles. The third-order valence-electron chi connectivity index (χ3n) is 3.90. The van der Waals surface area contributed by atoms with Crippen LogP contribution in [0.25, 0.3) is 0 Å². The zero-order chi connectivity index (χ0) is 17.4. The quantitative estimate of drug-likeness (QED) is 0.789. The Bertz CT molecular complexity index is 711. The Labute approximate surface area is 140 Å². The van der Waals surface area contributed by atoms with E-state index in [1.165, 1.54) is 18.2 Å². The highest BCUT2D eigenvalue weighted by Crippen LogP contribution is 2.40. The molecule has 2 N–H and O–H groups in total. The van der Waals surface area contributed by atoms with E-state index in [0.717, 1.165) is 0 Å². The predicted molar refractivity (Wildman–Crippen MR) is 79.1 cm³/mol. The van der Waals surface area contributed by atoms with Crippen molar-refractivity contribution in [1.29, 1.82) is 0 Å². The molecule has 0 radical (unpaired) electrons. The highest BCUT2D eigenvalue weighted by atomic mass is 35.5. The summed E-state index contributed by atoms with van der Waals surface area (Å²) in [5.74, 6) is -3.74. The Morgan fingerprint density at radius 3 is 2.50 bits per heavy atom. The number of carbonyl (C=O) groups excluding carboxylic acids is 1. The van der Waals surface area contributed by atoms with Gasteiger partial charge in [-0.2, -0.15) is 8.78 Å². The average Bonchev–Trinajstić information content (AvgIpc) is 3.10. The fourth-order valence-electron chi connectivity index (χ4n) is 2.91. The zero-order valence-corrected chi connectivity index (χ0v) is 12.7. The Balaban J connectivity index is 1.74. The Morgan fingerprint density at radius 1 is 1.25 bits per heavy atom. The average molecular weight is 360 g/mol. The number of carboxylic acids is 1. The molecule has 0 spiro atoms. The first-order valence-electron chi connectivity index (χ1n) is 6.98. The van der Waals surface area contributed by atoms with Crippen molar-refractivity contribution in [3.05, 3.63) is 35.4 Å². The molecule has 0 unspecified atom stereocenters. The van der Waals surface area contributed by atoms with Crippen LogP contribution in [0, 0.1) is 11.8 Å². The van der Waals surface area contributed by atoms with Crippen LogP contribution < -0.4 is 10.1 Å². The molecule has 1 saturated heterocycles. The molecule has 0 aromatic heterocycles. The minimum Gasteiger partial charge on any atom is -0.481 e. The van der Waals surface area contributed by atoms with Gasteiger partial charge in [0.25, 0.3) is 0 Å². The summed E-state index contributed by atoms with van der Waals surface area (Å²) in [5, 5.41) is 11.7.